The Hall–Kier alpha value is -0.930. The summed E-state index contributed by atoms with van der Waals surface area (Å²) in [4.78, 5) is 11.7. The van der Waals surface area contributed by atoms with Crippen molar-refractivity contribution in [2.75, 3.05) is 13.2 Å². The van der Waals surface area contributed by atoms with Gasteiger partial charge in [-0.1, -0.05) is 45.4 Å². The third-order valence-electron chi connectivity index (χ3n) is 7.19. The van der Waals surface area contributed by atoms with Crippen LogP contribution in [-0.4, -0.2) is 25.8 Å². The molecule has 0 amide bonds. The van der Waals surface area contributed by atoms with Gasteiger partial charge in [0.2, 0.25) is 0 Å². The van der Waals surface area contributed by atoms with Gasteiger partial charge in [0.1, 0.15) is 6.29 Å². The number of hydrogen-bond donors (Lipinski definition) is 0. The maximum Gasteiger partial charge on any atom is 0.161 e. The van der Waals surface area contributed by atoms with Crippen LogP contribution in [0.25, 0.3) is 0 Å². The van der Waals surface area contributed by atoms with E-state index in [4.69, 9.17) is 9.47 Å². The first-order valence-electron chi connectivity index (χ1n) is 10.8. The number of allylic oxidation sites excluding steroid dienone is 2. The minimum atomic E-state index is -0.331. The van der Waals surface area contributed by atoms with Crippen molar-refractivity contribution in [2.24, 2.45) is 22.7 Å². The third-order valence-corrected chi connectivity index (χ3v) is 7.19. The van der Waals surface area contributed by atoms with Crippen LogP contribution in [0.1, 0.15) is 79.6 Å². The zero-order valence-electron chi connectivity index (χ0n) is 18.2. The van der Waals surface area contributed by atoms with Crippen LogP contribution < -0.4 is 0 Å². The molecular formula is C24H40O3. The highest BCUT2D eigenvalue weighted by atomic mass is 16.7. The molecule has 3 nitrogen and oxygen atoms in total. The molecule has 154 valence electrons. The van der Waals surface area contributed by atoms with E-state index >= 15 is 0 Å². The maximum atomic E-state index is 11.7. The van der Waals surface area contributed by atoms with Crippen LogP contribution in [0.5, 0.6) is 0 Å². The second-order valence-electron chi connectivity index (χ2n) is 9.33. The van der Waals surface area contributed by atoms with Gasteiger partial charge in [-0.05, 0) is 74.2 Å². The van der Waals surface area contributed by atoms with Crippen molar-refractivity contribution in [3.63, 3.8) is 0 Å². The molecule has 0 aromatic rings. The minimum Gasteiger partial charge on any atom is -0.353 e. The lowest BCUT2D eigenvalue weighted by molar-refractivity contribution is -0.136. The first-order valence-corrected chi connectivity index (χ1v) is 10.8. The molecule has 2 aliphatic carbocycles. The predicted molar refractivity (Wildman–Crippen MR) is 112 cm³/mol. The Morgan fingerprint density at radius 2 is 1.89 bits per heavy atom. The average Bonchev–Trinajstić information content (AvgIpc) is 2.59. The Morgan fingerprint density at radius 1 is 1.22 bits per heavy atom. The van der Waals surface area contributed by atoms with Gasteiger partial charge >= 0.3 is 0 Å². The lowest BCUT2D eigenvalue weighted by atomic mass is 9.47. The van der Waals surface area contributed by atoms with Gasteiger partial charge in [-0.2, -0.15) is 0 Å². The standard InChI is InChI=1S/C24H40O3/c1-7-26-22(27-8-2)16-19(17-25)11-12-20-18(3)10-13-21-23(4,5)14-9-15-24(20,21)6/h11,17,20-22H,3,7-10,12-16H2,1-2,4-6H3. The highest BCUT2D eigenvalue weighted by Gasteiger charge is 2.52. The minimum absolute atomic E-state index is 0.292. The summed E-state index contributed by atoms with van der Waals surface area (Å²) in [6, 6.07) is 0. The number of rotatable bonds is 9. The quantitative estimate of drug-likeness (QED) is 0.211. The summed E-state index contributed by atoms with van der Waals surface area (Å²) in [7, 11) is 0. The maximum absolute atomic E-state index is 11.7. The Balaban J connectivity index is 2.15. The van der Waals surface area contributed by atoms with Crippen molar-refractivity contribution in [1.82, 2.24) is 0 Å². The second kappa shape index (κ2) is 9.52. The Morgan fingerprint density at radius 3 is 2.48 bits per heavy atom. The monoisotopic (exact) mass is 376 g/mol. The number of ether oxygens (including phenoxy) is 2. The fourth-order valence-electron chi connectivity index (χ4n) is 5.89. The lowest BCUT2D eigenvalue weighted by Crippen LogP contribution is -2.49. The van der Waals surface area contributed by atoms with Crippen LogP contribution in [-0.2, 0) is 14.3 Å². The molecule has 0 aromatic carbocycles. The Kier molecular flexibility index (Phi) is 7.88. The van der Waals surface area contributed by atoms with Crippen molar-refractivity contribution in [2.45, 2.75) is 85.9 Å². The normalized spacial score (nSPS) is 31.0. The topological polar surface area (TPSA) is 35.5 Å². The predicted octanol–water partition coefficient (Wildman–Crippen LogP) is 6.09. The van der Waals surface area contributed by atoms with Crippen molar-refractivity contribution in [3.05, 3.63) is 23.8 Å². The summed E-state index contributed by atoms with van der Waals surface area (Å²) >= 11 is 0. The van der Waals surface area contributed by atoms with Gasteiger partial charge in [-0.15, -0.1) is 0 Å². The number of hydrogen-bond acceptors (Lipinski definition) is 3. The summed E-state index contributed by atoms with van der Waals surface area (Å²) in [5.41, 5.74) is 2.86. The molecule has 0 radical (unpaired) electrons. The second-order valence-corrected chi connectivity index (χ2v) is 9.33. The van der Waals surface area contributed by atoms with E-state index in [1.807, 2.05) is 13.8 Å². The highest BCUT2D eigenvalue weighted by Crippen LogP contribution is 2.61. The fourth-order valence-corrected chi connectivity index (χ4v) is 5.89. The van der Waals surface area contributed by atoms with E-state index in [2.05, 4.69) is 33.4 Å². The molecule has 3 heteroatoms. The van der Waals surface area contributed by atoms with E-state index in [0.29, 0.717) is 36.4 Å². The van der Waals surface area contributed by atoms with Gasteiger partial charge in [0.15, 0.2) is 6.29 Å². The van der Waals surface area contributed by atoms with E-state index in [9.17, 15) is 4.79 Å². The summed E-state index contributed by atoms with van der Waals surface area (Å²) in [6.45, 7) is 16.9. The van der Waals surface area contributed by atoms with Gasteiger partial charge in [0, 0.05) is 19.6 Å². The molecule has 0 N–H and O–H groups in total. The summed E-state index contributed by atoms with van der Waals surface area (Å²) in [5, 5.41) is 0. The average molecular weight is 377 g/mol. The summed E-state index contributed by atoms with van der Waals surface area (Å²) in [6.07, 6.45) is 10.5. The molecule has 0 heterocycles. The van der Waals surface area contributed by atoms with Crippen LogP contribution in [0.3, 0.4) is 0 Å². The summed E-state index contributed by atoms with van der Waals surface area (Å²) < 4.78 is 11.2. The van der Waals surface area contributed by atoms with E-state index in [1.165, 1.54) is 31.3 Å². The smallest absolute Gasteiger partial charge is 0.161 e. The van der Waals surface area contributed by atoms with Crippen molar-refractivity contribution in [3.8, 4) is 0 Å². The lowest BCUT2D eigenvalue weighted by Gasteiger charge is -2.58. The third kappa shape index (κ3) is 5.12. The molecule has 2 aliphatic rings. The molecular weight excluding hydrogens is 336 g/mol. The molecule has 0 aliphatic heterocycles. The molecule has 2 fully saturated rings. The van der Waals surface area contributed by atoms with Crippen LogP contribution in [0, 0.1) is 22.7 Å². The number of carbonyl (C=O) groups is 1. The fraction of sp³-hybridized carbons (Fsp3) is 0.792. The molecule has 27 heavy (non-hydrogen) atoms. The van der Waals surface area contributed by atoms with Crippen LogP contribution in [0.4, 0.5) is 0 Å². The summed E-state index contributed by atoms with van der Waals surface area (Å²) in [5.74, 6) is 1.20. The molecule has 0 spiro atoms. The van der Waals surface area contributed by atoms with Gasteiger partial charge in [-0.25, -0.2) is 0 Å². The van der Waals surface area contributed by atoms with E-state index in [-0.39, 0.29) is 6.29 Å². The van der Waals surface area contributed by atoms with Gasteiger partial charge < -0.3 is 9.47 Å². The first-order chi connectivity index (χ1) is 12.8. The molecule has 0 aromatic heterocycles. The molecule has 0 saturated heterocycles. The Bertz CT molecular complexity index is 542. The van der Waals surface area contributed by atoms with Crippen LogP contribution in [0.15, 0.2) is 23.8 Å². The van der Waals surface area contributed by atoms with Crippen LogP contribution >= 0.6 is 0 Å². The van der Waals surface area contributed by atoms with Gasteiger partial charge in [-0.3, -0.25) is 4.79 Å². The van der Waals surface area contributed by atoms with E-state index in [0.717, 1.165) is 30.6 Å². The zero-order chi connectivity index (χ0) is 20.1. The number of aldehydes is 1. The molecule has 0 bridgehead atoms. The first kappa shape index (κ1) is 22.4. The zero-order valence-corrected chi connectivity index (χ0v) is 18.2. The largest absolute Gasteiger partial charge is 0.353 e. The molecule has 2 rings (SSSR count). The van der Waals surface area contributed by atoms with Crippen molar-refractivity contribution >= 4 is 6.29 Å². The molecule has 2 saturated carbocycles. The van der Waals surface area contributed by atoms with Crippen molar-refractivity contribution < 1.29 is 14.3 Å². The van der Waals surface area contributed by atoms with E-state index < -0.39 is 0 Å². The number of carbonyl (C=O) groups excluding carboxylic acids is 1. The number of fused-ring (bicyclic) bond motifs is 1. The van der Waals surface area contributed by atoms with Gasteiger partial charge in [0.25, 0.3) is 0 Å². The Labute approximate surface area is 166 Å². The van der Waals surface area contributed by atoms with Crippen LogP contribution in [0.2, 0.25) is 0 Å². The van der Waals surface area contributed by atoms with E-state index in [1.54, 1.807) is 0 Å². The SMILES string of the molecule is C=C1CCC2C(C)(C)CCCC2(C)C1CC=C(C=O)CC(OCC)OCC. The van der Waals surface area contributed by atoms with Gasteiger partial charge in [0.05, 0.1) is 0 Å². The molecule has 3 atom stereocenters. The van der Waals surface area contributed by atoms with Crippen molar-refractivity contribution in [1.29, 1.82) is 0 Å². The molecule has 3 unspecified atom stereocenters. The highest BCUT2D eigenvalue weighted by molar-refractivity contribution is 5.73.